The fraction of sp³-hybridized carbons (Fsp3) is 0.357. The molecule has 3 rings (SSSR count). The van der Waals surface area contributed by atoms with Crippen LogP contribution in [0.2, 0.25) is 0 Å². The summed E-state index contributed by atoms with van der Waals surface area (Å²) in [7, 11) is 1.95. The zero-order valence-electron chi connectivity index (χ0n) is 10.8. The molecular formula is C14H16BrN3S. The van der Waals surface area contributed by atoms with E-state index in [4.69, 9.17) is 0 Å². The molecule has 0 bridgehead atoms. The number of imidazole rings is 1. The Morgan fingerprint density at radius 1 is 1.47 bits per heavy atom. The molecule has 0 saturated heterocycles. The van der Waals surface area contributed by atoms with Gasteiger partial charge in [-0.05, 0) is 59.3 Å². The lowest BCUT2D eigenvalue weighted by atomic mass is 10.0. The summed E-state index contributed by atoms with van der Waals surface area (Å²) in [4.78, 5) is 9.26. The number of aromatic nitrogens is 2. The number of hydrogen-bond acceptors (Lipinski definition) is 3. The van der Waals surface area contributed by atoms with Crippen LogP contribution < -0.4 is 5.32 Å². The summed E-state index contributed by atoms with van der Waals surface area (Å²) in [6, 6.07) is 6.71. The highest BCUT2D eigenvalue weighted by molar-refractivity contribution is 9.10. The molecule has 0 aliphatic carbocycles. The van der Waals surface area contributed by atoms with Crippen molar-refractivity contribution >= 4 is 27.7 Å². The van der Waals surface area contributed by atoms with Crippen molar-refractivity contribution in [1.82, 2.24) is 15.3 Å². The van der Waals surface area contributed by atoms with Crippen molar-refractivity contribution in [2.24, 2.45) is 0 Å². The molecule has 100 valence electrons. The van der Waals surface area contributed by atoms with Gasteiger partial charge in [0, 0.05) is 17.0 Å². The zero-order chi connectivity index (χ0) is 13.2. The average molecular weight is 338 g/mol. The maximum absolute atomic E-state index is 4.56. The summed E-state index contributed by atoms with van der Waals surface area (Å²) in [5, 5.41) is 3.17. The van der Waals surface area contributed by atoms with E-state index >= 15 is 0 Å². The number of nitrogens with zero attached hydrogens (tertiary/aromatic N) is 1. The average Bonchev–Trinajstić information content (AvgIpc) is 2.80. The number of thioether (sulfide) groups is 1. The normalized spacial score (nSPS) is 14.4. The first-order chi connectivity index (χ1) is 9.28. The summed E-state index contributed by atoms with van der Waals surface area (Å²) in [5.41, 5.74) is 4.83. The molecule has 1 aliphatic rings. The molecule has 0 fully saturated rings. The first-order valence-corrected chi connectivity index (χ1v) is 8.21. The number of nitrogens with one attached hydrogen (secondary N) is 2. The standard InChI is InChI=1S/C14H16BrN3S/c1-16-8-11-13(18-14(15)17-11)10-4-5-12-9(7-10)3-2-6-19-12/h4-5,7,16H,2-3,6,8H2,1H3,(H,17,18). The minimum Gasteiger partial charge on any atom is -0.335 e. The number of hydrogen-bond donors (Lipinski definition) is 2. The Balaban J connectivity index is 2.01. The predicted octanol–water partition coefficient (Wildman–Crippen LogP) is 3.60. The van der Waals surface area contributed by atoms with Crippen LogP contribution in [0.1, 0.15) is 17.7 Å². The Labute approximate surface area is 125 Å². The number of benzene rings is 1. The van der Waals surface area contributed by atoms with Crippen LogP contribution in [0.4, 0.5) is 0 Å². The molecule has 2 aromatic rings. The number of rotatable bonds is 3. The molecule has 1 aliphatic heterocycles. The van der Waals surface area contributed by atoms with Crippen molar-refractivity contribution in [2.45, 2.75) is 24.3 Å². The van der Waals surface area contributed by atoms with Crippen molar-refractivity contribution in [1.29, 1.82) is 0 Å². The minimum absolute atomic E-state index is 0.791. The van der Waals surface area contributed by atoms with E-state index in [-0.39, 0.29) is 0 Å². The summed E-state index contributed by atoms with van der Waals surface area (Å²) in [5.74, 6) is 1.24. The number of halogens is 1. The second kappa shape index (κ2) is 5.69. The lowest BCUT2D eigenvalue weighted by molar-refractivity contribution is 0.797. The predicted molar refractivity (Wildman–Crippen MR) is 83.5 cm³/mol. The Morgan fingerprint density at radius 3 is 3.21 bits per heavy atom. The van der Waals surface area contributed by atoms with Crippen LogP contribution in [0, 0.1) is 0 Å². The van der Waals surface area contributed by atoms with E-state index in [1.807, 2.05) is 18.8 Å². The summed E-state index contributed by atoms with van der Waals surface area (Å²) in [6.45, 7) is 0.791. The smallest absolute Gasteiger partial charge is 0.175 e. The van der Waals surface area contributed by atoms with Gasteiger partial charge in [0.25, 0.3) is 0 Å². The van der Waals surface area contributed by atoms with E-state index in [9.17, 15) is 0 Å². The second-order valence-corrected chi connectivity index (χ2v) is 6.55. The Kier molecular flexibility index (Phi) is 3.96. The number of aromatic amines is 1. The van der Waals surface area contributed by atoms with E-state index in [2.05, 4.69) is 49.4 Å². The van der Waals surface area contributed by atoms with Gasteiger partial charge in [-0.3, -0.25) is 0 Å². The third-order valence-corrected chi connectivity index (χ3v) is 4.86. The van der Waals surface area contributed by atoms with Crippen LogP contribution in [0.5, 0.6) is 0 Å². The van der Waals surface area contributed by atoms with Gasteiger partial charge >= 0.3 is 0 Å². The second-order valence-electron chi connectivity index (χ2n) is 4.66. The first-order valence-electron chi connectivity index (χ1n) is 6.43. The van der Waals surface area contributed by atoms with Gasteiger partial charge in [0.15, 0.2) is 4.73 Å². The number of H-pyrrole nitrogens is 1. The molecule has 2 heterocycles. The molecule has 1 aromatic heterocycles. The van der Waals surface area contributed by atoms with Crippen LogP contribution >= 0.6 is 27.7 Å². The molecule has 3 nitrogen and oxygen atoms in total. The molecule has 0 unspecified atom stereocenters. The van der Waals surface area contributed by atoms with Gasteiger partial charge in [-0.1, -0.05) is 6.07 Å². The van der Waals surface area contributed by atoms with E-state index in [0.717, 1.165) is 22.7 Å². The molecule has 0 atom stereocenters. The molecule has 0 radical (unpaired) electrons. The van der Waals surface area contributed by atoms with E-state index < -0.39 is 0 Å². The van der Waals surface area contributed by atoms with Gasteiger partial charge in [0.2, 0.25) is 0 Å². The van der Waals surface area contributed by atoms with Crippen LogP contribution in [0.3, 0.4) is 0 Å². The maximum atomic E-state index is 4.56. The summed E-state index contributed by atoms with van der Waals surface area (Å²) < 4.78 is 0.792. The lowest BCUT2D eigenvalue weighted by Crippen LogP contribution is -2.06. The highest BCUT2D eigenvalue weighted by Crippen LogP contribution is 2.33. The highest BCUT2D eigenvalue weighted by atomic mass is 79.9. The van der Waals surface area contributed by atoms with Crippen molar-refractivity contribution in [3.05, 3.63) is 34.2 Å². The molecule has 0 amide bonds. The topological polar surface area (TPSA) is 40.7 Å². The molecule has 2 N–H and O–H groups in total. The van der Waals surface area contributed by atoms with Gasteiger partial charge in [-0.15, -0.1) is 11.8 Å². The first kappa shape index (κ1) is 13.2. The molecular weight excluding hydrogens is 322 g/mol. The highest BCUT2D eigenvalue weighted by Gasteiger charge is 2.14. The monoisotopic (exact) mass is 337 g/mol. The van der Waals surface area contributed by atoms with E-state index in [1.54, 1.807) is 0 Å². The van der Waals surface area contributed by atoms with Crippen molar-refractivity contribution < 1.29 is 0 Å². The van der Waals surface area contributed by atoms with Gasteiger partial charge < -0.3 is 10.3 Å². The van der Waals surface area contributed by atoms with Crippen LogP contribution in [-0.2, 0) is 13.0 Å². The lowest BCUT2D eigenvalue weighted by Gasteiger charge is -2.15. The maximum Gasteiger partial charge on any atom is 0.175 e. The minimum atomic E-state index is 0.791. The summed E-state index contributed by atoms with van der Waals surface area (Å²) >= 11 is 5.39. The molecule has 0 saturated carbocycles. The molecule has 0 spiro atoms. The quantitative estimate of drug-likeness (QED) is 0.898. The Hall–Kier alpha value is -0.780. The third-order valence-electron chi connectivity index (χ3n) is 3.29. The van der Waals surface area contributed by atoms with Gasteiger partial charge in [-0.25, -0.2) is 4.98 Å². The molecule has 5 heteroatoms. The van der Waals surface area contributed by atoms with Crippen molar-refractivity contribution in [2.75, 3.05) is 12.8 Å². The number of fused-ring (bicyclic) bond motifs is 1. The van der Waals surface area contributed by atoms with Gasteiger partial charge in [0.1, 0.15) is 0 Å². The number of aryl methyl sites for hydroxylation is 1. The SMILES string of the molecule is CNCc1[nH]c(Br)nc1-c1ccc2c(c1)CCCS2. The van der Waals surface area contributed by atoms with Crippen LogP contribution in [0.15, 0.2) is 27.8 Å². The molecule has 19 heavy (non-hydrogen) atoms. The van der Waals surface area contributed by atoms with Gasteiger partial charge in [-0.2, -0.15) is 0 Å². The van der Waals surface area contributed by atoms with Crippen molar-refractivity contribution in [3.8, 4) is 11.3 Å². The Bertz CT molecular complexity index is 594. The van der Waals surface area contributed by atoms with E-state index in [1.165, 1.54) is 34.6 Å². The summed E-state index contributed by atoms with van der Waals surface area (Å²) in [6.07, 6.45) is 2.46. The van der Waals surface area contributed by atoms with Gasteiger partial charge in [0.05, 0.1) is 11.4 Å². The van der Waals surface area contributed by atoms with Crippen LogP contribution in [-0.4, -0.2) is 22.8 Å². The largest absolute Gasteiger partial charge is 0.335 e. The van der Waals surface area contributed by atoms with Crippen LogP contribution in [0.25, 0.3) is 11.3 Å². The zero-order valence-corrected chi connectivity index (χ0v) is 13.2. The van der Waals surface area contributed by atoms with E-state index in [0.29, 0.717) is 0 Å². The fourth-order valence-corrected chi connectivity index (χ4v) is 3.86. The van der Waals surface area contributed by atoms with Crippen molar-refractivity contribution in [3.63, 3.8) is 0 Å². The Morgan fingerprint density at radius 2 is 2.37 bits per heavy atom. The third kappa shape index (κ3) is 2.73. The fourth-order valence-electron chi connectivity index (χ4n) is 2.43. The molecule has 1 aromatic carbocycles.